The highest BCUT2D eigenvalue weighted by Gasteiger charge is 2.15. The van der Waals surface area contributed by atoms with Gasteiger partial charge in [0.1, 0.15) is 5.15 Å². The normalized spacial score (nSPS) is 17.9. The lowest BCUT2D eigenvalue weighted by molar-refractivity contribution is 0.524. The summed E-state index contributed by atoms with van der Waals surface area (Å²) in [7, 11) is 1.86. The summed E-state index contributed by atoms with van der Waals surface area (Å²) in [5.41, 5.74) is 1.10. The van der Waals surface area contributed by atoms with Gasteiger partial charge in [0.2, 0.25) is 0 Å². The second kappa shape index (κ2) is 4.32. The van der Waals surface area contributed by atoms with Crippen LogP contribution in [0.25, 0.3) is 0 Å². The van der Waals surface area contributed by atoms with Crippen molar-refractivity contribution in [1.82, 2.24) is 15.1 Å². The van der Waals surface area contributed by atoms with Gasteiger partial charge in [-0.25, -0.2) is 0 Å². The van der Waals surface area contributed by atoms with Crippen molar-refractivity contribution in [2.75, 3.05) is 0 Å². The lowest BCUT2D eigenvalue weighted by Crippen LogP contribution is -2.25. The maximum atomic E-state index is 6.05. The number of nitrogens with one attached hydrogen (secondary N) is 1. The second-order valence-electron chi connectivity index (χ2n) is 3.95. The van der Waals surface area contributed by atoms with Gasteiger partial charge in [-0.1, -0.05) is 24.4 Å². The molecule has 3 nitrogen and oxygen atoms in total. The van der Waals surface area contributed by atoms with Crippen molar-refractivity contribution in [2.24, 2.45) is 7.05 Å². The Kier molecular flexibility index (Phi) is 3.08. The summed E-state index contributed by atoms with van der Waals surface area (Å²) in [5, 5.41) is 8.37. The Labute approximate surface area is 89.4 Å². The van der Waals surface area contributed by atoms with Gasteiger partial charge in [-0.15, -0.1) is 0 Å². The minimum absolute atomic E-state index is 0.686. The fourth-order valence-corrected chi connectivity index (χ4v) is 2.13. The lowest BCUT2D eigenvalue weighted by Gasteiger charge is -2.10. The van der Waals surface area contributed by atoms with Crippen molar-refractivity contribution in [3.8, 4) is 0 Å². The van der Waals surface area contributed by atoms with Crippen LogP contribution in [0.2, 0.25) is 5.15 Å². The lowest BCUT2D eigenvalue weighted by atomic mass is 10.2. The number of nitrogens with zero attached hydrogens (tertiary/aromatic N) is 2. The Hall–Kier alpha value is -0.540. The minimum Gasteiger partial charge on any atom is -0.310 e. The van der Waals surface area contributed by atoms with Crippen LogP contribution >= 0.6 is 11.6 Å². The molecular weight excluding hydrogens is 198 g/mol. The molecule has 1 aliphatic carbocycles. The number of aromatic nitrogens is 2. The zero-order valence-electron chi connectivity index (χ0n) is 8.46. The SMILES string of the molecule is Cn1ncc(CNC2CCCC2)c1Cl. The molecule has 1 heterocycles. The van der Waals surface area contributed by atoms with E-state index in [1.54, 1.807) is 4.68 Å². The summed E-state index contributed by atoms with van der Waals surface area (Å²) in [6.07, 6.45) is 7.16. The van der Waals surface area contributed by atoms with Gasteiger partial charge < -0.3 is 5.32 Å². The summed E-state index contributed by atoms with van der Waals surface area (Å²) in [6, 6.07) is 0.686. The molecule has 1 aromatic heterocycles. The molecule has 0 spiro atoms. The van der Waals surface area contributed by atoms with E-state index in [1.807, 2.05) is 13.2 Å². The average molecular weight is 214 g/mol. The van der Waals surface area contributed by atoms with Crippen LogP contribution in [0.3, 0.4) is 0 Å². The predicted octanol–water partition coefficient (Wildman–Crippen LogP) is 2.11. The van der Waals surface area contributed by atoms with Crippen LogP contribution in [0.4, 0.5) is 0 Å². The van der Waals surface area contributed by atoms with Gasteiger partial charge in [-0.3, -0.25) is 4.68 Å². The summed E-state index contributed by atoms with van der Waals surface area (Å²) < 4.78 is 1.70. The zero-order chi connectivity index (χ0) is 9.97. The van der Waals surface area contributed by atoms with Crippen LogP contribution in [-0.4, -0.2) is 15.8 Å². The first-order valence-corrected chi connectivity index (χ1v) is 5.55. The monoisotopic (exact) mass is 213 g/mol. The van der Waals surface area contributed by atoms with Gasteiger partial charge in [0.05, 0.1) is 6.20 Å². The molecule has 1 saturated carbocycles. The van der Waals surface area contributed by atoms with E-state index in [9.17, 15) is 0 Å². The van der Waals surface area contributed by atoms with Crippen LogP contribution in [0, 0.1) is 0 Å². The van der Waals surface area contributed by atoms with Gasteiger partial charge >= 0.3 is 0 Å². The highest BCUT2D eigenvalue weighted by molar-refractivity contribution is 6.30. The summed E-state index contributed by atoms with van der Waals surface area (Å²) >= 11 is 6.05. The Bertz CT molecular complexity index is 302. The summed E-state index contributed by atoms with van der Waals surface area (Å²) in [5.74, 6) is 0. The first-order valence-electron chi connectivity index (χ1n) is 5.17. The molecule has 0 unspecified atom stereocenters. The second-order valence-corrected chi connectivity index (χ2v) is 4.30. The highest BCUT2D eigenvalue weighted by Crippen LogP contribution is 2.19. The number of aryl methyl sites for hydroxylation is 1. The van der Waals surface area contributed by atoms with Gasteiger partial charge in [0.25, 0.3) is 0 Å². The third-order valence-electron chi connectivity index (χ3n) is 2.87. The summed E-state index contributed by atoms with van der Waals surface area (Å²) in [4.78, 5) is 0. The third kappa shape index (κ3) is 2.10. The topological polar surface area (TPSA) is 29.9 Å². The third-order valence-corrected chi connectivity index (χ3v) is 3.36. The molecule has 1 aromatic rings. The first kappa shape index (κ1) is 9.99. The Balaban J connectivity index is 1.88. The van der Waals surface area contributed by atoms with Crippen molar-refractivity contribution in [3.05, 3.63) is 16.9 Å². The Morgan fingerprint density at radius 2 is 2.29 bits per heavy atom. The van der Waals surface area contributed by atoms with Gasteiger partial charge in [-0.2, -0.15) is 5.10 Å². The molecule has 1 N–H and O–H groups in total. The fraction of sp³-hybridized carbons (Fsp3) is 0.700. The van der Waals surface area contributed by atoms with Crippen molar-refractivity contribution in [2.45, 2.75) is 38.3 Å². The molecule has 0 bridgehead atoms. The predicted molar refractivity (Wildman–Crippen MR) is 57.3 cm³/mol. The zero-order valence-corrected chi connectivity index (χ0v) is 9.22. The van der Waals surface area contributed by atoms with E-state index in [0.717, 1.165) is 17.3 Å². The van der Waals surface area contributed by atoms with E-state index in [0.29, 0.717) is 6.04 Å². The van der Waals surface area contributed by atoms with E-state index in [1.165, 1.54) is 25.7 Å². The number of rotatable bonds is 3. The molecule has 0 saturated heterocycles. The van der Waals surface area contributed by atoms with Crippen molar-refractivity contribution in [1.29, 1.82) is 0 Å². The van der Waals surface area contributed by atoms with Crippen LogP contribution < -0.4 is 5.32 Å². The maximum Gasteiger partial charge on any atom is 0.131 e. The number of hydrogen-bond acceptors (Lipinski definition) is 2. The number of halogens is 1. The van der Waals surface area contributed by atoms with E-state index in [4.69, 9.17) is 11.6 Å². The molecule has 4 heteroatoms. The van der Waals surface area contributed by atoms with Crippen LogP contribution in [0.5, 0.6) is 0 Å². The van der Waals surface area contributed by atoms with E-state index < -0.39 is 0 Å². The minimum atomic E-state index is 0.686. The van der Waals surface area contributed by atoms with E-state index in [-0.39, 0.29) is 0 Å². The highest BCUT2D eigenvalue weighted by atomic mass is 35.5. The number of hydrogen-bond donors (Lipinski definition) is 1. The van der Waals surface area contributed by atoms with Gasteiger partial charge in [0, 0.05) is 25.2 Å². The molecule has 78 valence electrons. The quantitative estimate of drug-likeness (QED) is 0.834. The fourth-order valence-electron chi connectivity index (χ4n) is 1.97. The van der Waals surface area contributed by atoms with E-state index in [2.05, 4.69) is 10.4 Å². The molecule has 2 rings (SSSR count). The van der Waals surface area contributed by atoms with E-state index >= 15 is 0 Å². The molecule has 0 amide bonds. The smallest absolute Gasteiger partial charge is 0.131 e. The average Bonchev–Trinajstić information content (AvgIpc) is 2.77. The van der Waals surface area contributed by atoms with Crippen LogP contribution in [0.1, 0.15) is 31.2 Å². The molecule has 1 aliphatic rings. The Morgan fingerprint density at radius 1 is 1.57 bits per heavy atom. The first-order chi connectivity index (χ1) is 6.77. The standard InChI is InChI=1S/C10H16ClN3/c1-14-10(11)8(7-13-14)6-12-9-4-2-3-5-9/h7,9,12H,2-6H2,1H3. The molecular formula is C10H16ClN3. The largest absolute Gasteiger partial charge is 0.310 e. The van der Waals surface area contributed by atoms with Gasteiger partial charge in [-0.05, 0) is 12.8 Å². The molecule has 0 aliphatic heterocycles. The van der Waals surface area contributed by atoms with Crippen molar-refractivity contribution >= 4 is 11.6 Å². The van der Waals surface area contributed by atoms with Crippen LogP contribution in [0.15, 0.2) is 6.20 Å². The molecule has 0 aromatic carbocycles. The van der Waals surface area contributed by atoms with Crippen molar-refractivity contribution in [3.63, 3.8) is 0 Å². The molecule has 0 atom stereocenters. The molecule has 1 fully saturated rings. The maximum absolute atomic E-state index is 6.05. The molecule has 14 heavy (non-hydrogen) atoms. The van der Waals surface area contributed by atoms with Gasteiger partial charge in [0.15, 0.2) is 0 Å². The molecule has 0 radical (unpaired) electrons. The Morgan fingerprint density at radius 3 is 2.86 bits per heavy atom. The van der Waals surface area contributed by atoms with Crippen molar-refractivity contribution < 1.29 is 0 Å². The summed E-state index contributed by atoms with van der Waals surface area (Å²) in [6.45, 7) is 0.845. The van der Waals surface area contributed by atoms with Crippen LogP contribution in [-0.2, 0) is 13.6 Å².